The molecule has 1 aliphatic carbocycles. The van der Waals surface area contributed by atoms with Crippen LogP contribution in [0.5, 0.6) is 11.5 Å². The average Bonchev–Trinajstić information content (AvgIpc) is 2.60. The molecule has 2 N–H and O–H groups in total. The zero-order valence-corrected chi connectivity index (χ0v) is 18.6. The molecule has 1 atom stereocenters. The summed E-state index contributed by atoms with van der Waals surface area (Å²) in [5.41, 5.74) is 3.11. The van der Waals surface area contributed by atoms with E-state index in [1.54, 1.807) is 32.0 Å². The van der Waals surface area contributed by atoms with Gasteiger partial charge < -0.3 is 19.9 Å². The second kappa shape index (κ2) is 8.17. The van der Waals surface area contributed by atoms with Crippen molar-refractivity contribution < 1.29 is 24.2 Å². The number of allylic oxidation sites excluding steroid dienone is 3. The van der Waals surface area contributed by atoms with Crippen LogP contribution in [-0.2, 0) is 14.3 Å². The summed E-state index contributed by atoms with van der Waals surface area (Å²) < 4.78 is 11.1. The molecule has 1 heterocycles. The number of carbonyl (C=O) groups is 2. The highest BCUT2D eigenvalue weighted by Gasteiger charge is 2.43. The number of carbonyl (C=O) groups excluding carboxylic acids is 2. The van der Waals surface area contributed by atoms with E-state index in [0.29, 0.717) is 47.6 Å². The van der Waals surface area contributed by atoms with Crippen LogP contribution in [0.15, 0.2) is 40.7 Å². The van der Waals surface area contributed by atoms with Crippen molar-refractivity contribution in [3.8, 4) is 11.5 Å². The van der Waals surface area contributed by atoms with Gasteiger partial charge in [-0.15, -0.1) is 0 Å². The molecule has 0 bridgehead atoms. The van der Waals surface area contributed by atoms with E-state index in [1.807, 2.05) is 13.8 Å². The van der Waals surface area contributed by atoms with Crippen molar-refractivity contribution in [2.45, 2.75) is 66.4 Å². The van der Waals surface area contributed by atoms with Crippen LogP contribution in [-0.4, -0.2) is 29.6 Å². The highest BCUT2D eigenvalue weighted by Crippen LogP contribution is 2.47. The predicted octanol–water partition coefficient (Wildman–Crippen LogP) is 4.35. The molecule has 6 heteroatoms. The second-order valence-electron chi connectivity index (χ2n) is 9.04. The van der Waals surface area contributed by atoms with Crippen LogP contribution in [0, 0.1) is 5.41 Å². The highest BCUT2D eigenvalue weighted by molar-refractivity contribution is 6.04. The van der Waals surface area contributed by atoms with E-state index in [-0.39, 0.29) is 23.1 Å². The number of ether oxygens (including phenoxy) is 2. The van der Waals surface area contributed by atoms with Crippen LogP contribution in [0.3, 0.4) is 0 Å². The van der Waals surface area contributed by atoms with Crippen LogP contribution in [0.1, 0.15) is 65.9 Å². The molecule has 3 rings (SSSR count). The molecular weight excluding hydrogens is 382 g/mol. The maximum atomic E-state index is 13.2. The first kappa shape index (κ1) is 21.9. The van der Waals surface area contributed by atoms with Gasteiger partial charge in [0.2, 0.25) is 0 Å². The van der Waals surface area contributed by atoms with Gasteiger partial charge in [0.05, 0.1) is 18.3 Å². The Morgan fingerprint density at radius 2 is 2.00 bits per heavy atom. The summed E-state index contributed by atoms with van der Waals surface area (Å²) in [6.45, 7) is 11.8. The van der Waals surface area contributed by atoms with Crippen molar-refractivity contribution in [1.82, 2.24) is 5.32 Å². The molecule has 0 aromatic heterocycles. The molecule has 0 saturated carbocycles. The number of esters is 1. The lowest BCUT2D eigenvalue weighted by atomic mass is 9.68. The van der Waals surface area contributed by atoms with Gasteiger partial charge in [-0.2, -0.15) is 0 Å². The van der Waals surface area contributed by atoms with Crippen molar-refractivity contribution >= 4 is 11.8 Å². The average molecular weight is 414 g/mol. The van der Waals surface area contributed by atoms with Gasteiger partial charge in [-0.25, -0.2) is 4.79 Å². The minimum absolute atomic E-state index is 0.0202. The first-order valence-corrected chi connectivity index (χ1v) is 10.4. The van der Waals surface area contributed by atoms with Crippen molar-refractivity contribution in [1.29, 1.82) is 0 Å². The Balaban J connectivity index is 2.19. The molecule has 162 valence electrons. The molecule has 1 unspecified atom stereocenters. The standard InChI is InChI=1S/C24H31NO5/c1-7-29-19-10-15(8-9-17(19)26)21-20(23(28)30-13(2)3)14(4)25-16-11-24(5,6)12-18(27)22(16)21/h8-10,13,21,25-26H,7,11-12H2,1-6H3. The van der Waals surface area contributed by atoms with E-state index in [4.69, 9.17) is 9.47 Å². The number of rotatable bonds is 5. The van der Waals surface area contributed by atoms with Gasteiger partial charge >= 0.3 is 5.97 Å². The molecular formula is C24H31NO5. The Morgan fingerprint density at radius 3 is 2.63 bits per heavy atom. The second-order valence-corrected chi connectivity index (χ2v) is 9.04. The molecule has 0 saturated heterocycles. The minimum atomic E-state index is -0.573. The lowest BCUT2D eigenvalue weighted by Gasteiger charge is -2.39. The monoisotopic (exact) mass is 413 g/mol. The molecule has 0 radical (unpaired) electrons. The van der Waals surface area contributed by atoms with Crippen molar-refractivity contribution in [2.24, 2.45) is 5.41 Å². The van der Waals surface area contributed by atoms with Gasteiger partial charge in [-0.05, 0) is 57.2 Å². The lowest BCUT2D eigenvalue weighted by Crippen LogP contribution is -2.39. The predicted molar refractivity (Wildman–Crippen MR) is 114 cm³/mol. The summed E-state index contributed by atoms with van der Waals surface area (Å²) in [5, 5.41) is 13.5. The summed E-state index contributed by atoms with van der Waals surface area (Å²) in [6.07, 6.45) is 0.838. The summed E-state index contributed by atoms with van der Waals surface area (Å²) in [5.74, 6) is -0.654. The number of phenolic OH excluding ortho intramolecular Hbond substituents is 1. The fourth-order valence-corrected chi connectivity index (χ4v) is 4.30. The Morgan fingerprint density at radius 1 is 1.30 bits per heavy atom. The molecule has 30 heavy (non-hydrogen) atoms. The van der Waals surface area contributed by atoms with E-state index >= 15 is 0 Å². The first-order chi connectivity index (χ1) is 14.0. The Hall–Kier alpha value is -2.76. The zero-order valence-electron chi connectivity index (χ0n) is 18.6. The van der Waals surface area contributed by atoms with Gasteiger partial charge in [0.1, 0.15) is 0 Å². The number of phenols is 1. The van der Waals surface area contributed by atoms with Gasteiger partial charge in [0, 0.05) is 29.3 Å². The van der Waals surface area contributed by atoms with Crippen molar-refractivity contribution in [3.63, 3.8) is 0 Å². The molecule has 1 aromatic rings. The number of hydrogen-bond acceptors (Lipinski definition) is 6. The number of aromatic hydroxyl groups is 1. The molecule has 0 amide bonds. The quantitative estimate of drug-likeness (QED) is 0.698. The molecule has 0 fully saturated rings. The number of Topliss-reactive ketones (excluding diaryl/α,β-unsaturated/α-hetero) is 1. The van der Waals surface area contributed by atoms with Crippen LogP contribution < -0.4 is 10.1 Å². The SMILES string of the molecule is CCOc1cc(C2C(C(=O)OC(C)C)=C(C)NC3=C2C(=O)CC(C)(C)C3)ccc1O. The van der Waals surface area contributed by atoms with E-state index in [2.05, 4.69) is 19.2 Å². The van der Waals surface area contributed by atoms with Gasteiger partial charge in [-0.3, -0.25) is 4.79 Å². The first-order valence-electron chi connectivity index (χ1n) is 10.4. The molecule has 2 aliphatic rings. The summed E-state index contributed by atoms with van der Waals surface area (Å²) in [7, 11) is 0. The Kier molecular flexibility index (Phi) is 5.97. The molecule has 6 nitrogen and oxygen atoms in total. The van der Waals surface area contributed by atoms with Gasteiger partial charge in [0.25, 0.3) is 0 Å². The third-order valence-electron chi connectivity index (χ3n) is 5.42. The number of benzene rings is 1. The van der Waals surface area contributed by atoms with E-state index in [9.17, 15) is 14.7 Å². The topological polar surface area (TPSA) is 84.9 Å². The largest absolute Gasteiger partial charge is 0.504 e. The maximum absolute atomic E-state index is 13.2. The number of hydrogen-bond donors (Lipinski definition) is 2. The van der Waals surface area contributed by atoms with E-state index in [0.717, 1.165) is 5.70 Å². The lowest BCUT2D eigenvalue weighted by molar-refractivity contribution is -0.143. The van der Waals surface area contributed by atoms with Crippen LogP contribution in [0.25, 0.3) is 0 Å². The normalized spacial score (nSPS) is 20.8. The van der Waals surface area contributed by atoms with Crippen molar-refractivity contribution in [3.05, 3.63) is 46.3 Å². The molecule has 1 aromatic carbocycles. The third kappa shape index (κ3) is 4.23. The van der Waals surface area contributed by atoms with Crippen LogP contribution in [0.2, 0.25) is 0 Å². The number of ketones is 1. The Labute approximate surface area is 178 Å². The van der Waals surface area contributed by atoms with Crippen LogP contribution >= 0.6 is 0 Å². The van der Waals surface area contributed by atoms with Crippen molar-refractivity contribution in [2.75, 3.05) is 6.61 Å². The summed E-state index contributed by atoms with van der Waals surface area (Å²) in [6, 6.07) is 4.99. The third-order valence-corrected chi connectivity index (χ3v) is 5.42. The van der Waals surface area contributed by atoms with Gasteiger partial charge in [-0.1, -0.05) is 19.9 Å². The fourth-order valence-electron chi connectivity index (χ4n) is 4.30. The van der Waals surface area contributed by atoms with Gasteiger partial charge in [0.15, 0.2) is 17.3 Å². The highest BCUT2D eigenvalue weighted by atomic mass is 16.5. The summed E-state index contributed by atoms with van der Waals surface area (Å²) in [4.78, 5) is 26.3. The zero-order chi connectivity index (χ0) is 22.2. The summed E-state index contributed by atoms with van der Waals surface area (Å²) >= 11 is 0. The fraction of sp³-hybridized carbons (Fsp3) is 0.500. The van der Waals surface area contributed by atoms with Crippen LogP contribution in [0.4, 0.5) is 0 Å². The van der Waals surface area contributed by atoms with E-state index in [1.165, 1.54) is 0 Å². The number of nitrogens with one attached hydrogen (secondary N) is 1. The molecule has 1 aliphatic heterocycles. The Bertz CT molecular complexity index is 939. The maximum Gasteiger partial charge on any atom is 0.337 e. The van der Waals surface area contributed by atoms with E-state index < -0.39 is 11.9 Å². The molecule has 0 spiro atoms. The smallest absolute Gasteiger partial charge is 0.337 e. The number of dihydropyridines is 1. The minimum Gasteiger partial charge on any atom is -0.504 e.